The summed E-state index contributed by atoms with van der Waals surface area (Å²) < 4.78 is 11.2. The normalized spacial score (nSPS) is 15.5. The van der Waals surface area contributed by atoms with Gasteiger partial charge in [0.05, 0.1) is 18.9 Å². The van der Waals surface area contributed by atoms with E-state index in [4.69, 9.17) is 15.2 Å². The molecule has 0 aliphatic carbocycles. The Balaban J connectivity index is 1.53. The lowest BCUT2D eigenvalue weighted by atomic mass is 10.1. The lowest BCUT2D eigenvalue weighted by molar-refractivity contribution is 0.0322. The number of aromatic amines is 1. The number of H-pyrrole nitrogens is 1. The van der Waals surface area contributed by atoms with Crippen molar-refractivity contribution in [1.82, 2.24) is 20.0 Å². The van der Waals surface area contributed by atoms with Gasteiger partial charge in [0.15, 0.2) is 0 Å². The predicted octanol–water partition coefficient (Wildman–Crippen LogP) is 1.18. The first kappa shape index (κ1) is 18.8. The lowest BCUT2D eigenvalue weighted by Gasteiger charge is -2.26. The molecule has 0 bridgehead atoms. The highest BCUT2D eigenvalue weighted by molar-refractivity contribution is 5.63. The van der Waals surface area contributed by atoms with Gasteiger partial charge in [-0.15, -0.1) is 0 Å². The van der Waals surface area contributed by atoms with Crippen LogP contribution in [-0.4, -0.2) is 79.6 Å². The molecule has 7 heteroatoms. The molecule has 7 nitrogen and oxygen atoms in total. The molecule has 1 fully saturated rings. The molecule has 0 amide bonds. The number of rotatable bonds is 9. The second-order valence-electron chi connectivity index (χ2n) is 6.61. The Kier molecular flexibility index (Phi) is 7.02. The average Bonchev–Trinajstić information content (AvgIpc) is 3.11. The maximum atomic E-state index is 5.88. The number of morpholine rings is 1. The van der Waals surface area contributed by atoms with E-state index in [0.29, 0.717) is 13.2 Å². The van der Waals surface area contributed by atoms with Crippen LogP contribution in [0.3, 0.4) is 0 Å². The average molecular weight is 359 g/mol. The third-order valence-corrected chi connectivity index (χ3v) is 4.58. The minimum absolute atomic E-state index is 0.653. The third-order valence-electron chi connectivity index (χ3n) is 4.58. The fourth-order valence-corrected chi connectivity index (χ4v) is 3.10. The molecule has 1 aromatic carbocycles. The highest BCUT2D eigenvalue weighted by Crippen LogP contribution is 2.24. The molecule has 2 heterocycles. The van der Waals surface area contributed by atoms with Crippen LogP contribution in [0.25, 0.3) is 11.3 Å². The molecule has 1 aliphatic heterocycles. The van der Waals surface area contributed by atoms with Crippen LogP contribution in [0.15, 0.2) is 30.5 Å². The fraction of sp³-hybridized carbons (Fsp3) is 0.526. The van der Waals surface area contributed by atoms with E-state index in [9.17, 15) is 0 Å². The second kappa shape index (κ2) is 9.68. The summed E-state index contributed by atoms with van der Waals surface area (Å²) in [6.45, 7) is 7.58. The standard InChI is InChI=1S/C19H29N5O2/c1-23(7-6-20)15-17-14-21-22-19(17)16-2-4-18(5-3-16)26-13-10-24-8-11-25-12-9-24/h2-5,14H,6-13,15,20H2,1H3,(H,21,22). The van der Waals surface area contributed by atoms with Crippen LogP contribution in [0.1, 0.15) is 5.56 Å². The Labute approximate surface area is 155 Å². The second-order valence-corrected chi connectivity index (χ2v) is 6.61. The Morgan fingerprint density at radius 3 is 2.77 bits per heavy atom. The van der Waals surface area contributed by atoms with E-state index < -0.39 is 0 Å². The van der Waals surface area contributed by atoms with Crippen molar-refractivity contribution in [2.75, 3.05) is 59.6 Å². The van der Waals surface area contributed by atoms with Crippen LogP contribution in [0, 0.1) is 0 Å². The van der Waals surface area contributed by atoms with E-state index in [1.807, 2.05) is 18.3 Å². The van der Waals surface area contributed by atoms with Crippen molar-refractivity contribution in [1.29, 1.82) is 0 Å². The van der Waals surface area contributed by atoms with Gasteiger partial charge in [-0.2, -0.15) is 5.10 Å². The number of hydrogen-bond acceptors (Lipinski definition) is 6. The monoisotopic (exact) mass is 359 g/mol. The van der Waals surface area contributed by atoms with Crippen LogP contribution >= 0.6 is 0 Å². The number of benzene rings is 1. The summed E-state index contributed by atoms with van der Waals surface area (Å²) in [4.78, 5) is 4.56. The van der Waals surface area contributed by atoms with Crippen LogP contribution in [0.4, 0.5) is 0 Å². The van der Waals surface area contributed by atoms with E-state index >= 15 is 0 Å². The van der Waals surface area contributed by atoms with Crippen LogP contribution in [0.2, 0.25) is 0 Å². The number of nitrogens with two attached hydrogens (primary N) is 1. The van der Waals surface area contributed by atoms with E-state index in [2.05, 4.69) is 39.2 Å². The molecule has 1 aromatic heterocycles. The van der Waals surface area contributed by atoms with E-state index in [0.717, 1.165) is 62.9 Å². The summed E-state index contributed by atoms with van der Waals surface area (Å²) in [5, 5.41) is 7.39. The predicted molar refractivity (Wildman–Crippen MR) is 102 cm³/mol. The summed E-state index contributed by atoms with van der Waals surface area (Å²) in [5.41, 5.74) is 8.86. The zero-order valence-corrected chi connectivity index (χ0v) is 15.5. The van der Waals surface area contributed by atoms with Gasteiger partial charge in [-0.1, -0.05) is 0 Å². The highest BCUT2D eigenvalue weighted by atomic mass is 16.5. The summed E-state index contributed by atoms with van der Waals surface area (Å²) >= 11 is 0. The van der Waals surface area contributed by atoms with Gasteiger partial charge in [0, 0.05) is 56.6 Å². The van der Waals surface area contributed by atoms with Gasteiger partial charge in [-0.05, 0) is 31.3 Å². The summed E-state index contributed by atoms with van der Waals surface area (Å²) in [5.74, 6) is 0.888. The molecule has 3 rings (SSSR count). The maximum Gasteiger partial charge on any atom is 0.119 e. The number of nitrogens with zero attached hydrogens (tertiary/aromatic N) is 3. The zero-order valence-electron chi connectivity index (χ0n) is 15.5. The van der Waals surface area contributed by atoms with Crippen LogP contribution in [0.5, 0.6) is 5.75 Å². The molecular weight excluding hydrogens is 330 g/mol. The van der Waals surface area contributed by atoms with Gasteiger partial charge in [0.2, 0.25) is 0 Å². The van der Waals surface area contributed by atoms with Gasteiger partial charge in [-0.3, -0.25) is 10.00 Å². The first-order valence-electron chi connectivity index (χ1n) is 9.21. The molecule has 0 spiro atoms. The SMILES string of the molecule is CN(CCN)Cc1c[nH]nc1-c1ccc(OCCN2CCOCC2)cc1. The first-order valence-corrected chi connectivity index (χ1v) is 9.21. The van der Waals surface area contributed by atoms with Crippen molar-refractivity contribution in [3.05, 3.63) is 36.0 Å². The number of nitrogens with one attached hydrogen (secondary N) is 1. The van der Waals surface area contributed by atoms with Gasteiger partial charge in [0.25, 0.3) is 0 Å². The topological polar surface area (TPSA) is 79.6 Å². The smallest absolute Gasteiger partial charge is 0.119 e. The summed E-state index contributed by atoms with van der Waals surface area (Å²) in [7, 11) is 2.06. The third kappa shape index (κ3) is 5.28. The molecule has 2 aromatic rings. The van der Waals surface area contributed by atoms with Crippen molar-refractivity contribution < 1.29 is 9.47 Å². The van der Waals surface area contributed by atoms with E-state index in [-0.39, 0.29) is 0 Å². The molecule has 0 saturated carbocycles. The summed E-state index contributed by atoms with van der Waals surface area (Å²) in [6.07, 6.45) is 1.95. The molecule has 3 N–H and O–H groups in total. The quantitative estimate of drug-likeness (QED) is 0.700. The highest BCUT2D eigenvalue weighted by Gasteiger charge is 2.12. The first-order chi connectivity index (χ1) is 12.8. The maximum absolute atomic E-state index is 5.88. The van der Waals surface area contributed by atoms with Crippen molar-refractivity contribution >= 4 is 0 Å². The largest absolute Gasteiger partial charge is 0.492 e. The number of hydrogen-bond donors (Lipinski definition) is 2. The molecule has 1 aliphatic rings. The molecule has 0 radical (unpaired) electrons. The van der Waals surface area contributed by atoms with Crippen molar-refractivity contribution in [2.45, 2.75) is 6.54 Å². The van der Waals surface area contributed by atoms with E-state index in [1.165, 1.54) is 5.56 Å². The molecule has 0 atom stereocenters. The molecule has 26 heavy (non-hydrogen) atoms. The van der Waals surface area contributed by atoms with E-state index in [1.54, 1.807) is 0 Å². The van der Waals surface area contributed by atoms with Crippen LogP contribution < -0.4 is 10.5 Å². The van der Waals surface area contributed by atoms with Crippen LogP contribution in [-0.2, 0) is 11.3 Å². The Morgan fingerprint density at radius 1 is 1.27 bits per heavy atom. The van der Waals surface area contributed by atoms with Crippen molar-refractivity contribution in [3.8, 4) is 17.0 Å². The minimum atomic E-state index is 0.653. The van der Waals surface area contributed by atoms with Gasteiger partial charge in [0.1, 0.15) is 12.4 Å². The fourth-order valence-electron chi connectivity index (χ4n) is 3.10. The number of likely N-dealkylation sites (N-methyl/N-ethyl adjacent to an activating group) is 1. The summed E-state index contributed by atoms with van der Waals surface area (Å²) in [6, 6.07) is 8.15. The van der Waals surface area contributed by atoms with Gasteiger partial charge >= 0.3 is 0 Å². The van der Waals surface area contributed by atoms with Crippen molar-refractivity contribution in [2.24, 2.45) is 5.73 Å². The molecule has 0 unspecified atom stereocenters. The molecule has 142 valence electrons. The zero-order chi connectivity index (χ0) is 18.2. The minimum Gasteiger partial charge on any atom is -0.492 e. The van der Waals surface area contributed by atoms with Gasteiger partial charge in [-0.25, -0.2) is 0 Å². The molecular formula is C19H29N5O2. The Bertz CT molecular complexity index is 652. The Hall–Kier alpha value is -1.93. The Morgan fingerprint density at radius 2 is 2.04 bits per heavy atom. The van der Waals surface area contributed by atoms with Gasteiger partial charge < -0.3 is 20.1 Å². The van der Waals surface area contributed by atoms with Crippen molar-refractivity contribution in [3.63, 3.8) is 0 Å². The number of aromatic nitrogens is 2. The molecule has 1 saturated heterocycles. The number of ether oxygens (including phenoxy) is 2. The lowest BCUT2D eigenvalue weighted by Crippen LogP contribution is -2.38.